The maximum Gasteiger partial charge on any atom is 0.296 e. The highest BCUT2D eigenvalue weighted by Crippen LogP contribution is 2.37. The summed E-state index contributed by atoms with van der Waals surface area (Å²) in [5, 5.41) is 37.3. The van der Waals surface area contributed by atoms with E-state index in [1.165, 1.54) is 13.2 Å². The molecule has 0 aliphatic carbocycles. The Morgan fingerprint density at radius 2 is 1.62 bits per heavy atom. The molecule has 0 saturated carbocycles. The van der Waals surface area contributed by atoms with Gasteiger partial charge in [0.15, 0.2) is 5.69 Å². The Kier molecular flexibility index (Phi) is 8.15. The molecule has 0 amide bonds. The van der Waals surface area contributed by atoms with Crippen molar-refractivity contribution in [2.45, 2.75) is 33.1 Å². The molecule has 0 bridgehead atoms. The van der Waals surface area contributed by atoms with Gasteiger partial charge in [-0.2, -0.15) is 5.11 Å². The molecular weight excluding hydrogens is 434 g/mol. The summed E-state index contributed by atoms with van der Waals surface area (Å²) in [6.45, 7) is 5.84. The fourth-order valence-corrected chi connectivity index (χ4v) is 3.32. The number of methoxy groups -OCH3 is 1. The van der Waals surface area contributed by atoms with Crippen molar-refractivity contribution < 1.29 is 14.8 Å². The molecule has 1 atom stereocenters. The molecule has 0 heterocycles. The summed E-state index contributed by atoms with van der Waals surface area (Å²) in [7, 11) is 1.52. The number of hydrogen-bond acceptors (Lipinski definition) is 8. The highest BCUT2D eigenvalue weighted by atomic mass is 16.6. The zero-order chi connectivity index (χ0) is 24.7. The van der Waals surface area contributed by atoms with Gasteiger partial charge >= 0.3 is 0 Å². The lowest BCUT2D eigenvalue weighted by molar-refractivity contribution is -0.384. The molecule has 0 radical (unpaired) electrons. The second kappa shape index (κ2) is 11.2. The lowest BCUT2D eigenvalue weighted by Crippen LogP contribution is -1.95. The molecule has 3 aromatic carbocycles. The Labute approximate surface area is 198 Å². The van der Waals surface area contributed by atoms with Gasteiger partial charge in [-0.05, 0) is 67.1 Å². The molecule has 0 aliphatic heterocycles. The van der Waals surface area contributed by atoms with Crippen LogP contribution in [0.3, 0.4) is 0 Å². The molecule has 9 nitrogen and oxygen atoms in total. The monoisotopic (exact) mass is 461 g/mol. The Hall–Kier alpha value is -3.98. The van der Waals surface area contributed by atoms with Crippen molar-refractivity contribution in [1.82, 2.24) is 0 Å². The first kappa shape index (κ1) is 24.7. The van der Waals surface area contributed by atoms with Crippen LogP contribution in [0.4, 0.5) is 28.4 Å². The average Bonchev–Trinajstić information content (AvgIpc) is 2.83. The van der Waals surface area contributed by atoms with Crippen LogP contribution in [0, 0.1) is 24.0 Å². The molecule has 3 aromatic rings. The first-order valence-electron chi connectivity index (χ1n) is 10.8. The van der Waals surface area contributed by atoms with Crippen LogP contribution in [0.1, 0.15) is 36.0 Å². The van der Waals surface area contributed by atoms with Gasteiger partial charge in [-0.3, -0.25) is 10.1 Å². The number of rotatable bonds is 9. The Balaban J connectivity index is 1.84. The van der Waals surface area contributed by atoms with E-state index in [2.05, 4.69) is 27.4 Å². The normalized spacial score (nSPS) is 12.4. The SMILES string of the molecule is COc1cc(N=Nc2ccc(C)cc2[N+](=O)[O-])c(C)cc1N=Nc1ccc(C(C)CCO)cc1. The van der Waals surface area contributed by atoms with Crippen LogP contribution in [0.25, 0.3) is 0 Å². The highest BCUT2D eigenvalue weighted by Gasteiger charge is 2.14. The molecule has 9 heteroatoms. The van der Waals surface area contributed by atoms with Gasteiger partial charge in [-0.15, -0.1) is 15.3 Å². The number of azo groups is 2. The number of aliphatic hydroxyl groups excluding tert-OH is 1. The number of hydrogen-bond donors (Lipinski definition) is 1. The van der Waals surface area contributed by atoms with Crippen LogP contribution in [0.5, 0.6) is 5.75 Å². The van der Waals surface area contributed by atoms with Crippen molar-refractivity contribution >= 4 is 28.4 Å². The van der Waals surface area contributed by atoms with Gasteiger partial charge in [0.1, 0.15) is 11.4 Å². The van der Waals surface area contributed by atoms with Crippen molar-refractivity contribution in [3.05, 3.63) is 81.4 Å². The predicted octanol–water partition coefficient (Wildman–Crippen LogP) is 7.54. The third-order valence-electron chi connectivity index (χ3n) is 5.39. The third kappa shape index (κ3) is 6.08. The van der Waals surface area contributed by atoms with Gasteiger partial charge in [-0.25, -0.2) is 0 Å². The van der Waals surface area contributed by atoms with E-state index in [1.807, 2.05) is 31.2 Å². The number of nitro benzene ring substituents is 1. The quantitative estimate of drug-likeness (QED) is 0.201. The minimum atomic E-state index is -0.474. The lowest BCUT2D eigenvalue weighted by Gasteiger charge is -2.09. The predicted molar refractivity (Wildman–Crippen MR) is 130 cm³/mol. The van der Waals surface area contributed by atoms with E-state index < -0.39 is 4.92 Å². The molecule has 0 saturated heterocycles. The van der Waals surface area contributed by atoms with Crippen molar-refractivity contribution in [1.29, 1.82) is 0 Å². The second-order valence-corrected chi connectivity index (χ2v) is 7.96. The average molecular weight is 462 g/mol. The standard InChI is InChI=1S/C25H27N5O4/c1-16-5-10-21(24(13-16)30(32)33)27-28-22-15-25(34-4)23(14-18(22)3)29-26-20-8-6-19(7-9-20)17(2)11-12-31/h5-10,13-15,17,31H,11-12H2,1-4H3. The molecule has 176 valence electrons. The van der Waals surface area contributed by atoms with Gasteiger partial charge in [0, 0.05) is 18.7 Å². The number of aryl methyl sites for hydroxylation is 2. The molecule has 0 fully saturated rings. The van der Waals surface area contributed by atoms with Gasteiger partial charge in [0.2, 0.25) is 0 Å². The van der Waals surface area contributed by atoms with Gasteiger partial charge in [0.05, 0.1) is 23.4 Å². The summed E-state index contributed by atoms with van der Waals surface area (Å²) in [6, 6.07) is 15.9. The van der Waals surface area contributed by atoms with E-state index in [1.54, 1.807) is 31.2 Å². The Bertz CT molecular complexity index is 1220. The van der Waals surface area contributed by atoms with E-state index >= 15 is 0 Å². The van der Waals surface area contributed by atoms with Crippen LogP contribution < -0.4 is 4.74 Å². The molecule has 0 aromatic heterocycles. The summed E-state index contributed by atoms with van der Waals surface area (Å²) in [5.74, 6) is 0.719. The summed E-state index contributed by atoms with van der Waals surface area (Å²) >= 11 is 0. The molecular formula is C25H27N5O4. The summed E-state index contributed by atoms with van der Waals surface area (Å²) in [5.41, 5.74) is 4.46. The van der Waals surface area contributed by atoms with Gasteiger partial charge in [-0.1, -0.05) is 25.1 Å². The third-order valence-corrected chi connectivity index (χ3v) is 5.39. The van der Waals surface area contributed by atoms with Crippen molar-refractivity contribution in [3.8, 4) is 5.75 Å². The topological polar surface area (TPSA) is 122 Å². The van der Waals surface area contributed by atoms with Crippen LogP contribution in [-0.2, 0) is 0 Å². The van der Waals surface area contributed by atoms with Crippen molar-refractivity contribution in [3.63, 3.8) is 0 Å². The second-order valence-electron chi connectivity index (χ2n) is 7.96. The minimum Gasteiger partial charge on any atom is -0.494 e. The minimum absolute atomic E-state index is 0.101. The molecule has 1 N–H and O–H groups in total. The molecule has 3 rings (SSSR count). The first-order valence-corrected chi connectivity index (χ1v) is 10.8. The van der Waals surface area contributed by atoms with E-state index in [9.17, 15) is 10.1 Å². The van der Waals surface area contributed by atoms with E-state index in [-0.39, 0.29) is 23.9 Å². The van der Waals surface area contributed by atoms with E-state index in [4.69, 9.17) is 9.84 Å². The fraction of sp³-hybridized carbons (Fsp3) is 0.280. The largest absolute Gasteiger partial charge is 0.494 e. The highest BCUT2D eigenvalue weighted by molar-refractivity contribution is 5.64. The lowest BCUT2D eigenvalue weighted by atomic mass is 9.98. The summed E-state index contributed by atoms with van der Waals surface area (Å²) < 4.78 is 5.45. The fourth-order valence-electron chi connectivity index (χ4n) is 3.32. The van der Waals surface area contributed by atoms with Crippen molar-refractivity contribution in [2.75, 3.05) is 13.7 Å². The number of aliphatic hydroxyl groups is 1. The number of ether oxygens (including phenoxy) is 1. The smallest absolute Gasteiger partial charge is 0.296 e. The van der Waals surface area contributed by atoms with Crippen LogP contribution in [-0.4, -0.2) is 23.7 Å². The molecule has 34 heavy (non-hydrogen) atoms. The van der Waals surface area contributed by atoms with Gasteiger partial charge in [0.25, 0.3) is 5.69 Å². The van der Waals surface area contributed by atoms with Crippen LogP contribution >= 0.6 is 0 Å². The van der Waals surface area contributed by atoms with E-state index in [0.717, 1.165) is 16.7 Å². The zero-order valence-electron chi connectivity index (χ0n) is 19.6. The first-order chi connectivity index (χ1) is 16.3. The summed E-state index contributed by atoms with van der Waals surface area (Å²) in [6.07, 6.45) is 0.707. The Morgan fingerprint density at radius 1 is 0.941 bits per heavy atom. The molecule has 1 unspecified atom stereocenters. The Morgan fingerprint density at radius 3 is 2.26 bits per heavy atom. The maximum absolute atomic E-state index is 11.3. The molecule has 0 spiro atoms. The zero-order valence-corrected chi connectivity index (χ0v) is 19.6. The maximum atomic E-state index is 11.3. The number of nitrogens with zero attached hydrogens (tertiary/aromatic N) is 5. The molecule has 0 aliphatic rings. The number of benzene rings is 3. The van der Waals surface area contributed by atoms with Crippen LogP contribution in [0.2, 0.25) is 0 Å². The van der Waals surface area contributed by atoms with E-state index in [0.29, 0.717) is 29.2 Å². The number of nitro groups is 1. The van der Waals surface area contributed by atoms with Crippen molar-refractivity contribution in [2.24, 2.45) is 20.5 Å². The van der Waals surface area contributed by atoms with Gasteiger partial charge < -0.3 is 9.84 Å². The van der Waals surface area contributed by atoms with Crippen LogP contribution in [0.15, 0.2) is 75.1 Å². The summed E-state index contributed by atoms with van der Waals surface area (Å²) in [4.78, 5) is 10.8.